The molecule has 3 rings (SSSR count). The molecule has 150 valence electrons. The van der Waals surface area contributed by atoms with Crippen LogP contribution in [0.5, 0.6) is 5.75 Å². The third-order valence-electron chi connectivity index (χ3n) is 3.75. The zero-order chi connectivity index (χ0) is 20.7. The summed E-state index contributed by atoms with van der Waals surface area (Å²) in [6.07, 6.45) is -4.83. The van der Waals surface area contributed by atoms with Crippen LogP contribution in [0, 0.1) is 0 Å². The van der Waals surface area contributed by atoms with Gasteiger partial charge >= 0.3 is 11.2 Å². The fourth-order valence-corrected chi connectivity index (χ4v) is 4.82. The Morgan fingerprint density at radius 2 is 1.75 bits per heavy atom. The monoisotopic (exact) mass is 432 g/mol. The lowest BCUT2D eigenvalue weighted by Crippen LogP contribution is -2.17. The van der Waals surface area contributed by atoms with E-state index in [-0.39, 0.29) is 21.5 Å². The van der Waals surface area contributed by atoms with Gasteiger partial charge in [0.1, 0.15) is 5.75 Å². The molecule has 0 fully saturated rings. The van der Waals surface area contributed by atoms with Crippen LogP contribution >= 0.6 is 11.3 Å². The number of rotatable bonds is 5. The highest BCUT2D eigenvalue weighted by Crippen LogP contribution is 2.27. The topological polar surface area (TPSA) is 77.4 Å². The summed E-state index contributed by atoms with van der Waals surface area (Å²) < 4.78 is 69.8. The number of ether oxygens (including phenoxy) is 1. The summed E-state index contributed by atoms with van der Waals surface area (Å²) in [6.45, 7) is 3.71. The van der Waals surface area contributed by atoms with Crippen LogP contribution in [0.3, 0.4) is 0 Å². The fourth-order valence-electron chi connectivity index (χ4n) is 2.61. The molecule has 0 radical (unpaired) electrons. The second kappa shape index (κ2) is 7.13. The van der Waals surface area contributed by atoms with Gasteiger partial charge in [-0.2, -0.15) is 0 Å². The highest BCUT2D eigenvalue weighted by atomic mass is 32.2. The van der Waals surface area contributed by atoms with Crippen LogP contribution in [0.25, 0.3) is 10.2 Å². The number of alkyl halides is 3. The van der Waals surface area contributed by atoms with E-state index < -0.39 is 22.1 Å². The average molecular weight is 432 g/mol. The highest BCUT2D eigenvalue weighted by Gasteiger charge is 2.31. The number of nitrogens with one attached hydrogen (secondary N) is 1. The van der Waals surface area contributed by atoms with E-state index >= 15 is 0 Å². The smallest absolute Gasteiger partial charge is 0.406 e. The number of hydrogen-bond donors (Lipinski definition) is 1. The number of halogens is 3. The molecule has 0 spiro atoms. The molecule has 0 unspecified atom stereocenters. The van der Waals surface area contributed by atoms with Crippen molar-refractivity contribution in [3.63, 3.8) is 0 Å². The molecule has 0 aliphatic rings. The van der Waals surface area contributed by atoms with Gasteiger partial charge < -0.3 is 4.74 Å². The Labute approximate surface area is 162 Å². The van der Waals surface area contributed by atoms with Gasteiger partial charge in [-0.1, -0.05) is 11.3 Å². The van der Waals surface area contributed by atoms with E-state index in [1.165, 1.54) is 12.1 Å². The standard InChI is InChI=1S/C17H15F3N2O4S2/c1-10(2)22-14-8-7-13(9-15(14)27-16(22)23)28(24,25)21-11-3-5-12(6-4-11)26-17(18,19)20/h3-10,21H,1-2H3. The molecular weight excluding hydrogens is 417 g/mol. The molecule has 3 aromatic rings. The molecule has 1 aromatic heterocycles. The highest BCUT2D eigenvalue weighted by molar-refractivity contribution is 7.92. The van der Waals surface area contributed by atoms with Crippen molar-refractivity contribution in [3.05, 3.63) is 52.1 Å². The van der Waals surface area contributed by atoms with Crippen molar-refractivity contribution in [2.75, 3.05) is 4.72 Å². The summed E-state index contributed by atoms with van der Waals surface area (Å²) in [5.41, 5.74) is 0.708. The number of sulfonamides is 1. The molecule has 0 saturated heterocycles. The van der Waals surface area contributed by atoms with Crippen LogP contribution < -0.4 is 14.3 Å². The normalized spacial score (nSPS) is 12.5. The Morgan fingerprint density at radius 3 is 2.32 bits per heavy atom. The van der Waals surface area contributed by atoms with Gasteiger partial charge in [0.25, 0.3) is 10.0 Å². The zero-order valence-corrected chi connectivity index (χ0v) is 16.3. The van der Waals surface area contributed by atoms with Crippen molar-refractivity contribution in [1.29, 1.82) is 0 Å². The van der Waals surface area contributed by atoms with E-state index in [4.69, 9.17) is 0 Å². The van der Waals surface area contributed by atoms with Gasteiger partial charge in [-0.05, 0) is 56.3 Å². The lowest BCUT2D eigenvalue weighted by molar-refractivity contribution is -0.274. The maximum absolute atomic E-state index is 12.6. The van der Waals surface area contributed by atoms with Gasteiger partial charge in [0.15, 0.2) is 0 Å². The molecule has 0 atom stereocenters. The Morgan fingerprint density at radius 1 is 1.11 bits per heavy atom. The van der Waals surface area contributed by atoms with Crippen LogP contribution in [0.1, 0.15) is 19.9 Å². The van der Waals surface area contributed by atoms with Gasteiger partial charge in [-0.25, -0.2) is 8.42 Å². The minimum atomic E-state index is -4.83. The molecular formula is C17H15F3N2O4S2. The Bertz CT molecular complexity index is 1160. The first-order valence-corrected chi connectivity index (χ1v) is 10.3. The zero-order valence-electron chi connectivity index (χ0n) is 14.6. The predicted octanol–water partition coefficient (Wildman–Crippen LogP) is 4.34. The van der Waals surface area contributed by atoms with E-state index in [0.29, 0.717) is 10.2 Å². The molecule has 6 nitrogen and oxygen atoms in total. The van der Waals surface area contributed by atoms with E-state index in [1.807, 2.05) is 13.8 Å². The second-order valence-corrected chi connectivity index (χ2v) is 8.81. The minimum Gasteiger partial charge on any atom is -0.406 e. The largest absolute Gasteiger partial charge is 0.573 e. The number of fused-ring (bicyclic) bond motifs is 1. The summed E-state index contributed by atoms with van der Waals surface area (Å²) >= 11 is 0.943. The SMILES string of the molecule is CC(C)n1c(=O)sc2cc(S(=O)(=O)Nc3ccc(OC(F)(F)F)cc3)ccc21. The quantitative estimate of drug-likeness (QED) is 0.651. The minimum absolute atomic E-state index is 0.0622. The summed E-state index contributed by atoms with van der Waals surface area (Å²) in [4.78, 5) is 11.8. The van der Waals surface area contributed by atoms with E-state index in [0.717, 1.165) is 35.6 Å². The fraction of sp³-hybridized carbons (Fsp3) is 0.235. The van der Waals surface area contributed by atoms with Crippen molar-refractivity contribution in [1.82, 2.24) is 4.57 Å². The molecule has 1 heterocycles. The summed E-state index contributed by atoms with van der Waals surface area (Å²) in [6, 6.07) is 8.57. The first-order valence-electron chi connectivity index (χ1n) is 8.00. The molecule has 11 heteroatoms. The second-order valence-electron chi connectivity index (χ2n) is 6.14. The third-order valence-corrected chi connectivity index (χ3v) is 6.05. The van der Waals surface area contributed by atoms with Crippen molar-refractivity contribution in [2.45, 2.75) is 31.1 Å². The number of hydrogen-bond acceptors (Lipinski definition) is 5. The summed E-state index contributed by atoms with van der Waals surface area (Å²) in [7, 11) is -3.99. The van der Waals surface area contributed by atoms with Crippen LogP contribution in [0.2, 0.25) is 0 Å². The van der Waals surface area contributed by atoms with Crippen molar-refractivity contribution >= 4 is 37.3 Å². The lowest BCUT2D eigenvalue weighted by atomic mass is 10.3. The van der Waals surface area contributed by atoms with Crippen molar-refractivity contribution in [3.8, 4) is 5.75 Å². The molecule has 1 N–H and O–H groups in total. The summed E-state index contributed by atoms with van der Waals surface area (Å²) in [5.74, 6) is -0.461. The number of benzene rings is 2. The molecule has 2 aromatic carbocycles. The number of anilines is 1. The van der Waals surface area contributed by atoms with Crippen molar-refractivity contribution < 1.29 is 26.3 Å². The average Bonchev–Trinajstić information content (AvgIpc) is 2.90. The van der Waals surface area contributed by atoms with Crippen LogP contribution in [-0.4, -0.2) is 19.3 Å². The Balaban J connectivity index is 1.88. The lowest BCUT2D eigenvalue weighted by Gasteiger charge is -2.11. The number of aromatic nitrogens is 1. The van der Waals surface area contributed by atoms with Crippen LogP contribution in [-0.2, 0) is 10.0 Å². The Kier molecular flexibility index (Phi) is 5.15. The number of nitrogens with zero attached hydrogens (tertiary/aromatic N) is 1. The van der Waals surface area contributed by atoms with Gasteiger partial charge in [-0.15, -0.1) is 13.2 Å². The van der Waals surface area contributed by atoms with Gasteiger partial charge in [0.05, 0.1) is 15.1 Å². The van der Waals surface area contributed by atoms with Crippen LogP contribution in [0.4, 0.5) is 18.9 Å². The van der Waals surface area contributed by atoms with Crippen LogP contribution in [0.15, 0.2) is 52.2 Å². The van der Waals surface area contributed by atoms with Gasteiger partial charge in [0.2, 0.25) is 0 Å². The predicted molar refractivity (Wildman–Crippen MR) is 100 cm³/mol. The van der Waals surface area contributed by atoms with Gasteiger partial charge in [-0.3, -0.25) is 14.1 Å². The molecule has 0 amide bonds. The molecule has 0 aliphatic heterocycles. The maximum Gasteiger partial charge on any atom is 0.573 e. The van der Waals surface area contributed by atoms with Crippen molar-refractivity contribution in [2.24, 2.45) is 0 Å². The third kappa shape index (κ3) is 4.30. The molecule has 0 saturated carbocycles. The Hall–Kier alpha value is -2.53. The molecule has 0 bridgehead atoms. The first-order chi connectivity index (χ1) is 13.0. The summed E-state index contributed by atoms with van der Waals surface area (Å²) in [5, 5.41) is 0. The number of thiazole rings is 1. The van der Waals surface area contributed by atoms with Gasteiger partial charge in [0, 0.05) is 11.7 Å². The van der Waals surface area contributed by atoms with E-state index in [9.17, 15) is 26.4 Å². The maximum atomic E-state index is 12.6. The van der Waals surface area contributed by atoms with E-state index in [1.54, 1.807) is 10.6 Å². The first kappa shape index (κ1) is 20.2. The molecule has 28 heavy (non-hydrogen) atoms. The van der Waals surface area contributed by atoms with E-state index in [2.05, 4.69) is 9.46 Å². The molecule has 0 aliphatic carbocycles.